The summed E-state index contributed by atoms with van der Waals surface area (Å²) in [4.78, 5) is 28.2. The number of fused-ring (bicyclic) bond motifs is 2. The van der Waals surface area contributed by atoms with E-state index in [9.17, 15) is 9.59 Å². The van der Waals surface area contributed by atoms with E-state index in [0.29, 0.717) is 43.2 Å². The predicted octanol–water partition coefficient (Wildman–Crippen LogP) is 2.09. The molecular formula is C22H22N4O4. The van der Waals surface area contributed by atoms with E-state index in [1.807, 2.05) is 41.9 Å². The zero-order valence-electron chi connectivity index (χ0n) is 16.9. The lowest BCUT2D eigenvalue weighted by Gasteiger charge is -2.28. The first-order chi connectivity index (χ1) is 14.5. The van der Waals surface area contributed by atoms with Gasteiger partial charge in [0, 0.05) is 12.7 Å². The predicted molar refractivity (Wildman–Crippen MR) is 109 cm³/mol. The molecule has 154 valence electrons. The summed E-state index contributed by atoms with van der Waals surface area (Å²) < 4.78 is 14.3. The molecule has 2 aromatic heterocycles. The number of aromatic nitrogens is 3. The number of ether oxygens (including phenoxy) is 2. The molecule has 8 nitrogen and oxygen atoms in total. The normalized spacial score (nSPS) is 14.7. The molecule has 0 unspecified atom stereocenters. The Balaban J connectivity index is 1.43. The Morgan fingerprint density at radius 2 is 1.93 bits per heavy atom. The van der Waals surface area contributed by atoms with Crippen LogP contribution < -0.4 is 15.0 Å². The van der Waals surface area contributed by atoms with Crippen molar-refractivity contribution in [1.82, 2.24) is 19.2 Å². The molecule has 5 rings (SSSR count). The summed E-state index contributed by atoms with van der Waals surface area (Å²) >= 11 is 0. The molecule has 0 atom stereocenters. The number of hydrogen-bond acceptors (Lipinski definition) is 5. The van der Waals surface area contributed by atoms with Gasteiger partial charge in [-0.2, -0.15) is 5.10 Å². The van der Waals surface area contributed by atoms with Crippen molar-refractivity contribution in [2.75, 3.05) is 13.3 Å². The number of pyridine rings is 1. The standard InChI is InChI=1S/C22H22N4O4/c1-14-5-6-24(11-16-3-4-18-19(10-16)30-13-29-18)21(27)20(14)22(28)25-7-8-26-17(12-25)9-15(2)23-26/h3-6,9-10H,7-8,11-13H2,1-2H3. The lowest BCUT2D eigenvalue weighted by atomic mass is 10.1. The second-order valence-electron chi connectivity index (χ2n) is 7.72. The number of rotatable bonds is 3. The summed E-state index contributed by atoms with van der Waals surface area (Å²) in [6.07, 6.45) is 1.73. The Kier molecular flexibility index (Phi) is 4.34. The fourth-order valence-electron chi connectivity index (χ4n) is 4.03. The highest BCUT2D eigenvalue weighted by Crippen LogP contribution is 2.32. The van der Waals surface area contributed by atoms with Crippen molar-refractivity contribution in [2.24, 2.45) is 0 Å². The fourth-order valence-corrected chi connectivity index (χ4v) is 4.03. The molecule has 0 radical (unpaired) electrons. The van der Waals surface area contributed by atoms with E-state index in [1.54, 1.807) is 22.6 Å². The molecule has 1 amide bonds. The van der Waals surface area contributed by atoms with E-state index in [1.165, 1.54) is 0 Å². The molecule has 0 saturated heterocycles. The Labute approximate surface area is 173 Å². The maximum Gasteiger partial charge on any atom is 0.263 e. The van der Waals surface area contributed by atoms with Crippen LogP contribution in [0.2, 0.25) is 0 Å². The van der Waals surface area contributed by atoms with Gasteiger partial charge in [-0.25, -0.2) is 0 Å². The van der Waals surface area contributed by atoms with Crippen molar-refractivity contribution in [1.29, 1.82) is 0 Å². The maximum atomic E-state index is 13.3. The summed E-state index contributed by atoms with van der Waals surface area (Å²) in [7, 11) is 0. The average molecular weight is 406 g/mol. The molecule has 0 aliphatic carbocycles. The smallest absolute Gasteiger partial charge is 0.263 e. The maximum absolute atomic E-state index is 13.3. The van der Waals surface area contributed by atoms with E-state index in [0.717, 1.165) is 17.0 Å². The first-order valence-electron chi connectivity index (χ1n) is 9.91. The van der Waals surface area contributed by atoms with Crippen LogP contribution in [-0.4, -0.2) is 38.5 Å². The molecular weight excluding hydrogens is 384 g/mol. The SMILES string of the molecule is Cc1cc2n(n1)CCN(C(=O)c1c(C)ccn(Cc3ccc4c(c3)OCO4)c1=O)C2. The number of carbonyl (C=O) groups excluding carboxylic acids is 1. The van der Waals surface area contributed by atoms with Crippen LogP contribution >= 0.6 is 0 Å². The molecule has 4 heterocycles. The first kappa shape index (κ1) is 18.5. The zero-order chi connectivity index (χ0) is 20.8. The van der Waals surface area contributed by atoms with Gasteiger partial charge in [-0.15, -0.1) is 0 Å². The molecule has 1 aromatic carbocycles. The largest absolute Gasteiger partial charge is 0.454 e. The number of hydrogen-bond donors (Lipinski definition) is 0. The monoisotopic (exact) mass is 406 g/mol. The van der Waals surface area contributed by atoms with Crippen LogP contribution in [0.3, 0.4) is 0 Å². The quantitative estimate of drug-likeness (QED) is 0.666. The van der Waals surface area contributed by atoms with E-state index < -0.39 is 0 Å². The van der Waals surface area contributed by atoms with Gasteiger partial charge in [0.2, 0.25) is 6.79 Å². The summed E-state index contributed by atoms with van der Waals surface area (Å²) in [5.74, 6) is 1.14. The Morgan fingerprint density at radius 3 is 2.80 bits per heavy atom. The van der Waals surface area contributed by atoms with Gasteiger partial charge in [0.25, 0.3) is 11.5 Å². The molecule has 30 heavy (non-hydrogen) atoms. The zero-order valence-corrected chi connectivity index (χ0v) is 16.9. The van der Waals surface area contributed by atoms with Crippen LogP contribution in [0, 0.1) is 13.8 Å². The van der Waals surface area contributed by atoms with Gasteiger partial charge in [-0.1, -0.05) is 6.07 Å². The molecule has 0 spiro atoms. The van der Waals surface area contributed by atoms with E-state index in [4.69, 9.17) is 9.47 Å². The molecule has 0 bridgehead atoms. The number of benzene rings is 1. The van der Waals surface area contributed by atoms with E-state index in [2.05, 4.69) is 5.10 Å². The minimum atomic E-state index is -0.284. The third-order valence-corrected chi connectivity index (χ3v) is 5.58. The molecule has 0 fully saturated rings. The second kappa shape index (κ2) is 7.05. The van der Waals surface area contributed by atoms with Crippen LogP contribution in [0.25, 0.3) is 0 Å². The number of aryl methyl sites for hydroxylation is 2. The van der Waals surface area contributed by atoms with Crippen molar-refractivity contribution in [3.8, 4) is 11.5 Å². The van der Waals surface area contributed by atoms with Gasteiger partial charge in [0.1, 0.15) is 5.56 Å². The molecule has 0 saturated carbocycles. The number of nitrogens with zero attached hydrogens (tertiary/aromatic N) is 4. The van der Waals surface area contributed by atoms with Gasteiger partial charge in [0.05, 0.1) is 31.0 Å². The highest BCUT2D eigenvalue weighted by Gasteiger charge is 2.26. The van der Waals surface area contributed by atoms with Crippen molar-refractivity contribution < 1.29 is 14.3 Å². The third kappa shape index (κ3) is 3.14. The Morgan fingerprint density at radius 1 is 1.10 bits per heavy atom. The van der Waals surface area contributed by atoms with Crippen LogP contribution in [0.15, 0.2) is 41.3 Å². The van der Waals surface area contributed by atoms with E-state index >= 15 is 0 Å². The highest BCUT2D eigenvalue weighted by atomic mass is 16.7. The lowest BCUT2D eigenvalue weighted by Crippen LogP contribution is -2.41. The van der Waals surface area contributed by atoms with Gasteiger partial charge >= 0.3 is 0 Å². The van der Waals surface area contributed by atoms with E-state index in [-0.39, 0.29) is 23.8 Å². The minimum Gasteiger partial charge on any atom is -0.454 e. The molecule has 2 aliphatic heterocycles. The summed E-state index contributed by atoms with van der Waals surface area (Å²) in [6, 6.07) is 9.40. The minimum absolute atomic E-state index is 0.205. The molecule has 8 heteroatoms. The van der Waals surface area contributed by atoms with Gasteiger partial charge in [-0.05, 0) is 49.2 Å². The topological polar surface area (TPSA) is 78.6 Å². The highest BCUT2D eigenvalue weighted by molar-refractivity contribution is 5.95. The van der Waals surface area contributed by atoms with Crippen LogP contribution in [-0.2, 0) is 19.6 Å². The van der Waals surface area contributed by atoms with Crippen molar-refractivity contribution >= 4 is 5.91 Å². The van der Waals surface area contributed by atoms with Crippen molar-refractivity contribution in [2.45, 2.75) is 33.5 Å². The average Bonchev–Trinajstić information content (AvgIpc) is 3.34. The Hall–Kier alpha value is -3.55. The van der Waals surface area contributed by atoms with Crippen LogP contribution in [0.5, 0.6) is 11.5 Å². The van der Waals surface area contributed by atoms with Gasteiger partial charge in [0.15, 0.2) is 11.5 Å². The Bertz CT molecular complexity index is 1210. The third-order valence-electron chi connectivity index (χ3n) is 5.58. The van der Waals surface area contributed by atoms with Crippen LogP contribution in [0.1, 0.15) is 32.9 Å². The first-order valence-corrected chi connectivity index (χ1v) is 9.91. The van der Waals surface area contributed by atoms with Gasteiger partial charge in [-0.3, -0.25) is 14.3 Å². The lowest BCUT2D eigenvalue weighted by molar-refractivity contribution is 0.0703. The second-order valence-corrected chi connectivity index (χ2v) is 7.72. The molecule has 0 N–H and O–H groups in total. The molecule has 3 aromatic rings. The van der Waals surface area contributed by atoms with Crippen LogP contribution in [0.4, 0.5) is 0 Å². The summed E-state index contributed by atoms with van der Waals surface area (Å²) in [6.45, 7) is 5.91. The summed E-state index contributed by atoms with van der Waals surface area (Å²) in [5, 5.41) is 4.43. The van der Waals surface area contributed by atoms with Gasteiger partial charge < -0.3 is 18.9 Å². The number of amides is 1. The summed E-state index contributed by atoms with van der Waals surface area (Å²) in [5.41, 5.74) is 3.45. The number of carbonyl (C=O) groups is 1. The molecule has 2 aliphatic rings. The van der Waals surface area contributed by atoms with Crippen molar-refractivity contribution in [3.05, 3.63) is 75.0 Å². The fraction of sp³-hybridized carbons (Fsp3) is 0.318. The van der Waals surface area contributed by atoms with Crippen molar-refractivity contribution in [3.63, 3.8) is 0 Å².